The van der Waals surface area contributed by atoms with E-state index in [1.807, 2.05) is 0 Å². The molecule has 4 rings (SSSR count). The van der Waals surface area contributed by atoms with Crippen LogP contribution in [0, 0.1) is 19.3 Å². The molecule has 0 bridgehead atoms. The molecule has 9 nitrogen and oxygen atoms in total. The molecule has 0 saturated heterocycles. The third-order valence-electron chi connectivity index (χ3n) is 5.81. The zero-order chi connectivity index (χ0) is 28.6. The van der Waals surface area contributed by atoms with Crippen molar-refractivity contribution in [3.63, 3.8) is 0 Å². The van der Waals surface area contributed by atoms with Crippen molar-refractivity contribution in [2.45, 2.75) is 26.1 Å². The van der Waals surface area contributed by atoms with Gasteiger partial charge in [-0.3, -0.25) is 9.36 Å². The Hall–Kier alpha value is -4.50. The predicted molar refractivity (Wildman–Crippen MR) is 135 cm³/mol. The van der Waals surface area contributed by atoms with Gasteiger partial charge in [0, 0.05) is 18.7 Å². The minimum Gasteiger partial charge on any atom is -0.479 e. The van der Waals surface area contributed by atoms with Crippen molar-refractivity contribution in [2.24, 2.45) is 7.05 Å². The lowest BCUT2D eigenvalue weighted by Crippen LogP contribution is -2.40. The Bertz CT molecular complexity index is 1760. The molecule has 2 heterocycles. The first kappa shape index (κ1) is 27.5. The largest absolute Gasteiger partial charge is 0.479 e. The number of rotatable bonds is 6. The smallest absolute Gasteiger partial charge is 0.431 e. The van der Waals surface area contributed by atoms with Gasteiger partial charge in [0.05, 0.1) is 16.1 Å². The van der Waals surface area contributed by atoms with Crippen molar-refractivity contribution >= 4 is 28.5 Å². The highest BCUT2D eigenvalue weighted by Crippen LogP contribution is 2.39. The highest BCUT2D eigenvalue weighted by atomic mass is 35.5. The first-order chi connectivity index (χ1) is 18.3. The number of aromatic nitrogens is 3. The van der Waals surface area contributed by atoms with Crippen molar-refractivity contribution in [1.82, 2.24) is 14.3 Å². The van der Waals surface area contributed by atoms with Gasteiger partial charge in [0.25, 0.3) is 5.56 Å². The SMILES string of the molecule is C#CCOC(=O)C(C)Oc1ccc(C)c(-c2noc3ccc(-n4c(=O)cc(C(F)(F)F)n(C)c4=O)c(Cl)c23)c1. The number of fused-ring (bicyclic) bond motifs is 1. The predicted octanol–water partition coefficient (Wildman–Crippen LogP) is 4.27. The highest BCUT2D eigenvalue weighted by molar-refractivity contribution is 6.38. The van der Waals surface area contributed by atoms with E-state index in [9.17, 15) is 27.6 Å². The molecule has 0 amide bonds. The number of benzene rings is 2. The van der Waals surface area contributed by atoms with E-state index in [0.29, 0.717) is 26.3 Å². The summed E-state index contributed by atoms with van der Waals surface area (Å²) in [4.78, 5) is 37.5. The molecule has 0 saturated carbocycles. The third kappa shape index (κ3) is 5.13. The summed E-state index contributed by atoms with van der Waals surface area (Å²) in [6.45, 7) is 3.04. The molecule has 1 unspecified atom stereocenters. The molecule has 2 aromatic heterocycles. The fourth-order valence-corrected chi connectivity index (χ4v) is 4.20. The number of carbonyl (C=O) groups is 1. The van der Waals surface area contributed by atoms with Crippen molar-refractivity contribution in [3.05, 3.63) is 73.5 Å². The van der Waals surface area contributed by atoms with E-state index in [1.165, 1.54) is 19.1 Å². The average molecular weight is 562 g/mol. The van der Waals surface area contributed by atoms with Crippen molar-refractivity contribution in [2.75, 3.05) is 6.61 Å². The van der Waals surface area contributed by atoms with Crippen LogP contribution in [0.5, 0.6) is 5.75 Å². The van der Waals surface area contributed by atoms with E-state index >= 15 is 0 Å². The zero-order valence-corrected chi connectivity index (χ0v) is 21.4. The third-order valence-corrected chi connectivity index (χ3v) is 6.20. The van der Waals surface area contributed by atoms with E-state index in [2.05, 4.69) is 11.1 Å². The van der Waals surface area contributed by atoms with Crippen LogP contribution in [-0.2, 0) is 22.8 Å². The second-order valence-corrected chi connectivity index (χ2v) is 8.77. The van der Waals surface area contributed by atoms with Crippen LogP contribution in [0.4, 0.5) is 13.2 Å². The van der Waals surface area contributed by atoms with Gasteiger partial charge in [0.1, 0.15) is 17.1 Å². The van der Waals surface area contributed by atoms with Crippen LogP contribution in [0.3, 0.4) is 0 Å². The molecule has 2 aromatic carbocycles. The molecule has 0 aliphatic carbocycles. The highest BCUT2D eigenvalue weighted by Gasteiger charge is 2.35. The van der Waals surface area contributed by atoms with E-state index in [-0.39, 0.29) is 39.7 Å². The fraction of sp³-hybridized carbons (Fsp3) is 0.231. The fourth-order valence-electron chi connectivity index (χ4n) is 3.87. The van der Waals surface area contributed by atoms with Gasteiger partial charge in [-0.05, 0) is 43.7 Å². The second-order valence-electron chi connectivity index (χ2n) is 8.39. The molecule has 1 atom stereocenters. The number of hydrogen-bond donors (Lipinski definition) is 0. The Balaban J connectivity index is 1.83. The summed E-state index contributed by atoms with van der Waals surface area (Å²) in [5, 5.41) is 4.12. The number of alkyl halides is 3. The summed E-state index contributed by atoms with van der Waals surface area (Å²) in [6.07, 6.45) is -0.804. The standard InChI is InChI=1S/C26H19ClF3N3O6/c1-5-10-37-24(35)14(3)38-15-7-6-13(2)16(11-15)23-21-18(39-31-23)9-8-17(22(21)27)33-20(34)12-19(26(28,29)30)32(4)25(33)36/h1,6-9,11-12,14H,10H2,2-4H3. The van der Waals surface area contributed by atoms with Crippen LogP contribution < -0.4 is 16.0 Å². The lowest BCUT2D eigenvalue weighted by atomic mass is 10.0. The van der Waals surface area contributed by atoms with Crippen molar-refractivity contribution in [1.29, 1.82) is 0 Å². The van der Waals surface area contributed by atoms with Gasteiger partial charge < -0.3 is 14.0 Å². The molecule has 0 radical (unpaired) electrons. The molecule has 4 aromatic rings. The molecule has 13 heteroatoms. The summed E-state index contributed by atoms with van der Waals surface area (Å²) >= 11 is 6.63. The van der Waals surface area contributed by atoms with Gasteiger partial charge in [-0.25, -0.2) is 14.2 Å². The van der Waals surface area contributed by atoms with Gasteiger partial charge in [-0.2, -0.15) is 13.2 Å². The Kier molecular flexibility index (Phi) is 7.30. The molecule has 0 fully saturated rings. The van der Waals surface area contributed by atoms with Gasteiger partial charge >= 0.3 is 17.8 Å². The summed E-state index contributed by atoms with van der Waals surface area (Å²) in [5.74, 6) is 1.80. The van der Waals surface area contributed by atoms with Crippen LogP contribution in [0.25, 0.3) is 27.9 Å². The molecule has 0 aliphatic rings. The average Bonchev–Trinajstić information content (AvgIpc) is 3.31. The minimum atomic E-state index is -4.91. The maximum absolute atomic E-state index is 13.3. The molecular weight excluding hydrogens is 543 g/mol. The Morgan fingerprint density at radius 1 is 1.23 bits per heavy atom. The quantitative estimate of drug-likeness (QED) is 0.256. The summed E-state index contributed by atoms with van der Waals surface area (Å²) in [5.41, 5.74) is -2.46. The van der Waals surface area contributed by atoms with Crippen LogP contribution >= 0.6 is 11.6 Å². The number of terminal acetylenes is 1. The van der Waals surface area contributed by atoms with Gasteiger partial charge in [0.2, 0.25) is 0 Å². The van der Waals surface area contributed by atoms with Gasteiger partial charge in [0.15, 0.2) is 18.3 Å². The maximum atomic E-state index is 13.3. The van der Waals surface area contributed by atoms with Gasteiger partial charge in [-0.1, -0.05) is 28.7 Å². The first-order valence-corrected chi connectivity index (χ1v) is 11.6. The molecule has 0 aliphatic heterocycles. The number of hydrogen-bond acceptors (Lipinski definition) is 7. The Morgan fingerprint density at radius 3 is 2.62 bits per heavy atom. The summed E-state index contributed by atoms with van der Waals surface area (Å²) in [7, 11) is 0.899. The Morgan fingerprint density at radius 2 is 1.95 bits per heavy atom. The zero-order valence-electron chi connectivity index (χ0n) is 20.6. The number of esters is 1. The lowest BCUT2D eigenvalue weighted by Gasteiger charge is -2.15. The molecule has 0 N–H and O–H groups in total. The molecule has 0 spiro atoms. The van der Waals surface area contributed by atoms with E-state index in [4.69, 9.17) is 32.0 Å². The first-order valence-electron chi connectivity index (χ1n) is 11.2. The number of halogens is 4. The van der Waals surface area contributed by atoms with Crippen LogP contribution in [-0.4, -0.2) is 33.0 Å². The molecule has 39 heavy (non-hydrogen) atoms. The van der Waals surface area contributed by atoms with Crippen LogP contribution in [0.2, 0.25) is 5.02 Å². The van der Waals surface area contributed by atoms with E-state index < -0.39 is 35.2 Å². The monoisotopic (exact) mass is 561 g/mol. The molecule has 202 valence electrons. The lowest BCUT2D eigenvalue weighted by molar-refractivity contribution is -0.149. The minimum absolute atomic E-state index is 0.153. The van der Waals surface area contributed by atoms with Gasteiger partial charge in [-0.15, -0.1) is 6.42 Å². The normalized spacial score (nSPS) is 12.3. The molecular formula is C26H19ClF3N3O6. The maximum Gasteiger partial charge on any atom is 0.431 e. The second kappa shape index (κ2) is 10.3. The number of nitrogens with zero attached hydrogens (tertiary/aromatic N) is 3. The van der Waals surface area contributed by atoms with E-state index in [0.717, 1.165) is 7.05 Å². The summed E-state index contributed by atoms with van der Waals surface area (Å²) in [6, 6.07) is 7.85. The van der Waals surface area contributed by atoms with Crippen LogP contribution in [0.15, 0.2) is 50.5 Å². The number of aryl methyl sites for hydroxylation is 1. The number of ether oxygens (including phenoxy) is 2. The van der Waals surface area contributed by atoms with Crippen LogP contribution in [0.1, 0.15) is 18.2 Å². The number of carbonyl (C=O) groups excluding carboxylic acids is 1. The van der Waals surface area contributed by atoms with Crippen molar-refractivity contribution in [3.8, 4) is 35.0 Å². The summed E-state index contributed by atoms with van der Waals surface area (Å²) < 4.78 is 56.6. The Labute approximate surface area is 223 Å². The van der Waals surface area contributed by atoms with Crippen molar-refractivity contribution < 1.29 is 32.0 Å². The van der Waals surface area contributed by atoms with E-state index in [1.54, 1.807) is 25.1 Å². The topological polar surface area (TPSA) is 106 Å².